The summed E-state index contributed by atoms with van der Waals surface area (Å²) >= 11 is 11.6. The van der Waals surface area contributed by atoms with E-state index in [1.54, 1.807) is 4.90 Å². The first-order chi connectivity index (χ1) is 15.0. The largest absolute Gasteiger partial charge is 0.384 e. The van der Waals surface area contributed by atoms with E-state index in [0.717, 1.165) is 35.4 Å². The van der Waals surface area contributed by atoms with Gasteiger partial charge in [-0.25, -0.2) is 0 Å². The van der Waals surface area contributed by atoms with Crippen molar-refractivity contribution in [2.75, 3.05) is 0 Å². The third kappa shape index (κ3) is 5.96. The number of nitrogens with one attached hydrogen (secondary N) is 2. The highest BCUT2D eigenvalue weighted by Crippen LogP contribution is 2.27. The molecule has 4 nitrogen and oxygen atoms in total. The predicted molar refractivity (Wildman–Crippen MR) is 131 cm³/mol. The average Bonchev–Trinajstić information content (AvgIpc) is 2.77. The molecule has 3 rings (SSSR count). The maximum absolute atomic E-state index is 13.7. The number of rotatable bonds is 8. The maximum atomic E-state index is 13.7. The zero-order chi connectivity index (χ0) is 22.2. The molecule has 1 atom stereocenters. The van der Waals surface area contributed by atoms with Crippen LogP contribution in [0.25, 0.3) is 0 Å². The van der Waals surface area contributed by atoms with Crippen LogP contribution in [0.5, 0.6) is 0 Å². The van der Waals surface area contributed by atoms with Crippen LogP contribution in [-0.4, -0.2) is 15.9 Å². The van der Waals surface area contributed by atoms with Crippen molar-refractivity contribution in [2.45, 2.75) is 39.8 Å². The van der Waals surface area contributed by atoms with Crippen LogP contribution in [0.3, 0.4) is 0 Å². The molecule has 0 aromatic heterocycles. The first-order valence-corrected chi connectivity index (χ1v) is 11.4. The molecular formula is C25H28ClN3OS. The van der Waals surface area contributed by atoms with E-state index in [2.05, 4.69) is 30.6 Å². The van der Waals surface area contributed by atoms with Crippen LogP contribution < -0.4 is 10.6 Å². The van der Waals surface area contributed by atoms with E-state index >= 15 is 0 Å². The fourth-order valence-electron chi connectivity index (χ4n) is 3.58. The fraction of sp³-hybridized carbons (Fsp3) is 0.280. The molecule has 1 saturated heterocycles. The molecule has 2 N–H and O–H groups in total. The summed E-state index contributed by atoms with van der Waals surface area (Å²) in [4.78, 5) is 15.3. The molecule has 1 aliphatic heterocycles. The Hall–Kier alpha value is -2.63. The zero-order valence-electron chi connectivity index (χ0n) is 17.9. The van der Waals surface area contributed by atoms with E-state index in [0.29, 0.717) is 23.2 Å². The maximum Gasteiger partial charge on any atom is 0.244 e. The molecule has 1 aliphatic rings. The van der Waals surface area contributed by atoms with Crippen LogP contribution in [0.15, 0.2) is 78.1 Å². The van der Waals surface area contributed by atoms with Gasteiger partial charge in [0.25, 0.3) is 0 Å². The van der Waals surface area contributed by atoms with Crippen LogP contribution in [0, 0.1) is 5.92 Å². The van der Waals surface area contributed by atoms with Crippen LogP contribution >= 0.6 is 23.8 Å². The summed E-state index contributed by atoms with van der Waals surface area (Å²) in [6.45, 7) is 5.17. The van der Waals surface area contributed by atoms with E-state index in [-0.39, 0.29) is 5.91 Å². The number of halogens is 1. The molecular weight excluding hydrogens is 426 g/mol. The summed E-state index contributed by atoms with van der Waals surface area (Å²) in [7, 11) is 0. The Labute approximate surface area is 195 Å². The number of hydrogen-bond donors (Lipinski definition) is 2. The monoisotopic (exact) mass is 453 g/mol. The summed E-state index contributed by atoms with van der Waals surface area (Å²) in [6, 6.07) is 17.6. The molecule has 0 radical (unpaired) electrons. The molecule has 1 amide bonds. The van der Waals surface area contributed by atoms with Crippen LogP contribution in [-0.2, 0) is 17.9 Å². The molecule has 0 spiro atoms. The van der Waals surface area contributed by atoms with Crippen molar-refractivity contribution in [3.63, 3.8) is 0 Å². The minimum atomic E-state index is -0.442. The van der Waals surface area contributed by atoms with Gasteiger partial charge in [-0.1, -0.05) is 80.1 Å². The van der Waals surface area contributed by atoms with Crippen molar-refractivity contribution in [2.24, 2.45) is 5.92 Å². The van der Waals surface area contributed by atoms with Crippen molar-refractivity contribution in [3.8, 4) is 0 Å². The molecule has 1 unspecified atom stereocenters. The number of amides is 1. The van der Waals surface area contributed by atoms with E-state index < -0.39 is 5.92 Å². The highest BCUT2D eigenvalue weighted by Gasteiger charge is 2.37. The Morgan fingerprint density at radius 1 is 1.10 bits per heavy atom. The quantitative estimate of drug-likeness (QED) is 0.514. The minimum Gasteiger partial charge on any atom is -0.384 e. The summed E-state index contributed by atoms with van der Waals surface area (Å²) in [5.74, 6) is -0.460. The highest BCUT2D eigenvalue weighted by molar-refractivity contribution is 7.80. The summed E-state index contributed by atoms with van der Waals surface area (Å²) in [6.07, 6.45) is 5.75. The molecule has 2 aromatic rings. The van der Waals surface area contributed by atoms with Gasteiger partial charge in [0, 0.05) is 23.0 Å². The Balaban J connectivity index is 1.87. The van der Waals surface area contributed by atoms with E-state index in [1.807, 2.05) is 60.7 Å². The second-order valence-electron chi connectivity index (χ2n) is 7.39. The second kappa shape index (κ2) is 11.1. The van der Waals surface area contributed by atoms with Crippen LogP contribution in [0.1, 0.15) is 37.8 Å². The summed E-state index contributed by atoms with van der Waals surface area (Å²) < 4.78 is 0. The van der Waals surface area contributed by atoms with Crippen molar-refractivity contribution in [1.82, 2.24) is 15.5 Å². The topological polar surface area (TPSA) is 44.4 Å². The van der Waals surface area contributed by atoms with Crippen LogP contribution in [0.2, 0.25) is 5.02 Å². The van der Waals surface area contributed by atoms with E-state index in [1.165, 1.54) is 0 Å². The number of benzene rings is 2. The van der Waals surface area contributed by atoms with E-state index in [9.17, 15) is 4.79 Å². The zero-order valence-corrected chi connectivity index (χ0v) is 19.5. The Bertz CT molecular complexity index is 970. The van der Waals surface area contributed by atoms with Gasteiger partial charge >= 0.3 is 0 Å². The lowest BCUT2D eigenvalue weighted by Gasteiger charge is -2.37. The van der Waals surface area contributed by atoms with Gasteiger partial charge < -0.3 is 10.6 Å². The molecule has 162 valence electrons. The van der Waals surface area contributed by atoms with Gasteiger partial charge in [-0.2, -0.15) is 0 Å². The first kappa shape index (κ1) is 23.0. The van der Waals surface area contributed by atoms with Crippen molar-refractivity contribution in [3.05, 3.63) is 94.3 Å². The summed E-state index contributed by atoms with van der Waals surface area (Å²) in [5, 5.41) is 7.95. The molecule has 0 saturated carbocycles. The lowest BCUT2D eigenvalue weighted by Crippen LogP contribution is -2.54. The first-order valence-electron chi connectivity index (χ1n) is 10.6. The average molecular weight is 454 g/mol. The predicted octanol–water partition coefficient (Wildman–Crippen LogP) is 5.55. The minimum absolute atomic E-state index is 0.0180. The van der Waals surface area contributed by atoms with Gasteiger partial charge in [-0.15, -0.1) is 0 Å². The Kier molecular flexibility index (Phi) is 8.27. The van der Waals surface area contributed by atoms with Crippen LogP contribution in [0.4, 0.5) is 0 Å². The molecule has 0 aliphatic carbocycles. The molecule has 31 heavy (non-hydrogen) atoms. The fourth-order valence-corrected chi connectivity index (χ4v) is 3.97. The third-order valence-electron chi connectivity index (χ3n) is 5.07. The molecule has 2 aromatic carbocycles. The molecule has 1 fully saturated rings. The van der Waals surface area contributed by atoms with Crippen molar-refractivity contribution < 1.29 is 4.79 Å². The molecule has 1 heterocycles. The van der Waals surface area contributed by atoms with E-state index in [4.69, 9.17) is 23.8 Å². The number of nitrogens with zero attached hydrogens (tertiary/aromatic N) is 1. The van der Waals surface area contributed by atoms with Gasteiger partial charge in [0.15, 0.2) is 5.11 Å². The standard InChI is InChI=1S/C25H28ClN3OS/c1-3-8-21(27-16-18-12-14-20(26)15-13-18)23-22(9-4-2)28-25(31)29(24(23)30)17-19-10-6-5-7-11-19/h5-15,23,27H,3-4,16-17H2,1-2H3,(H,28,31)/b21-8+,22-9-. The smallest absolute Gasteiger partial charge is 0.244 e. The van der Waals surface area contributed by atoms with Gasteiger partial charge in [0.1, 0.15) is 5.92 Å². The van der Waals surface area contributed by atoms with Gasteiger partial charge in [-0.3, -0.25) is 9.69 Å². The van der Waals surface area contributed by atoms with Gasteiger partial charge in [0.2, 0.25) is 5.91 Å². The number of allylic oxidation sites excluding steroid dienone is 2. The Morgan fingerprint density at radius 3 is 2.45 bits per heavy atom. The van der Waals surface area contributed by atoms with Gasteiger partial charge in [0.05, 0.1) is 6.54 Å². The number of hydrogen-bond acceptors (Lipinski definition) is 3. The normalized spacial score (nSPS) is 18.3. The molecule has 0 bridgehead atoms. The van der Waals surface area contributed by atoms with Crippen molar-refractivity contribution >= 4 is 34.8 Å². The number of carbonyl (C=O) groups excluding carboxylic acids is 1. The Morgan fingerprint density at radius 2 is 1.81 bits per heavy atom. The summed E-state index contributed by atoms with van der Waals surface area (Å²) in [5.41, 5.74) is 3.86. The second-order valence-corrected chi connectivity index (χ2v) is 8.21. The molecule has 6 heteroatoms. The SMILES string of the molecule is CC/C=C1\NC(=S)N(Cc2ccccc2)C(=O)C1/C(=C\CC)NCc1ccc(Cl)cc1. The number of thiocarbonyl (C=S) groups is 1. The highest BCUT2D eigenvalue weighted by atomic mass is 35.5. The lowest BCUT2D eigenvalue weighted by molar-refractivity contribution is -0.130. The third-order valence-corrected chi connectivity index (χ3v) is 5.65. The van der Waals surface area contributed by atoms with Gasteiger partial charge in [-0.05, 0) is 48.3 Å². The van der Waals surface area contributed by atoms with Crippen molar-refractivity contribution in [1.29, 1.82) is 0 Å². The lowest BCUT2D eigenvalue weighted by atomic mass is 9.94. The number of carbonyl (C=O) groups is 1.